The van der Waals surface area contributed by atoms with Gasteiger partial charge in [-0.15, -0.1) is 0 Å². The first-order valence-electron chi connectivity index (χ1n) is 9.09. The van der Waals surface area contributed by atoms with Gasteiger partial charge in [-0.3, -0.25) is 11.3 Å². The third kappa shape index (κ3) is 16.5. The molecule has 3 heteroatoms. The average Bonchev–Trinajstić information content (AvgIpc) is 2.43. The molecule has 1 unspecified atom stereocenters. The Bertz CT molecular complexity index is 214. The van der Waals surface area contributed by atoms with E-state index in [2.05, 4.69) is 33.1 Å². The van der Waals surface area contributed by atoms with E-state index >= 15 is 0 Å². The summed E-state index contributed by atoms with van der Waals surface area (Å²) in [6.45, 7) is 9.09. The second kappa shape index (κ2) is 13.9. The SMILES string of the molecule is CCCCCCCCCCCCC(CSC(C)(C)C)NN. The van der Waals surface area contributed by atoms with Crippen molar-refractivity contribution in [3.05, 3.63) is 0 Å². The largest absolute Gasteiger partial charge is 0.271 e. The Kier molecular flexibility index (Phi) is 14.1. The predicted molar refractivity (Wildman–Crippen MR) is 99.8 cm³/mol. The van der Waals surface area contributed by atoms with Crippen LogP contribution >= 0.6 is 11.8 Å². The van der Waals surface area contributed by atoms with Crippen LogP contribution < -0.4 is 11.3 Å². The molecule has 1 atom stereocenters. The van der Waals surface area contributed by atoms with Crippen molar-refractivity contribution in [3.8, 4) is 0 Å². The molecule has 0 saturated carbocycles. The fourth-order valence-corrected chi connectivity index (χ4v) is 3.41. The van der Waals surface area contributed by atoms with Crippen molar-refractivity contribution in [3.63, 3.8) is 0 Å². The smallest absolute Gasteiger partial charge is 0.0301 e. The average molecular weight is 317 g/mol. The van der Waals surface area contributed by atoms with E-state index in [-0.39, 0.29) is 0 Å². The Balaban J connectivity index is 3.35. The number of hydrazine groups is 1. The first-order chi connectivity index (χ1) is 9.99. The van der Waals surface area contributed by atoms with Gasteiger partial charge in [-0.25, -0.2) is 0 Å². The minimum atomic E-state index is 0.340. The van der Waals surface area contributed by atoms with Crippen molar-refractivity contribution in [1.82, 2.24) is 5.43 Å². The summed E-state index contributed by atoms with van der Waals surface area (Å²) in [5.74, 6) is 6.78. The number of unbranched alkanes of at least 4 members (excludes halogenated alkanes) is 9. The van der Waals surface area contributed by atoms with E-state index < -0.39 is 0 Å². The molecule has 0 rings (SSSR count). The van der Waals surface area contributed by atoms with Gasteiger partial charge in [0.15, 0.2) is 0 Å². The van der Waals surface area contributed by atoms with Gasteiger partial charge in [-0.2, -0.15) is 11.8 Å². The molecule has 0 spiro atoms. The van der Waals surface area contributed by atoms with E-state index in [9.17, 15) is 0 Å². The van der Waals surface area contributed by atoms with Gasteiger partial charge in [0.25, 0.3) is 0 Å². The zero-order chi connectivity index (χ0) is 16.0. The summed E-state index contributed by atoms with van der Waals surface area (Å²) in [4.78, 5) is 0. The topological polar surface area (TPSA) is 38.0 Å². The summed E-state index contributed by atoms with van der Waals surface area (Å²) < 4.78 is 0.340. The van der Waals surface area contributed by atoms with Crippen LogP contribution in [-0.4, -0.2) is 16.5 Å². The molecule has 128 valence electrons. The van der Waals surface area contributed by atoms with Crippen molar-refractivity contribution in [2.75, 3.05) is 5.75 Å². The molecule has 3 N–H and O–H groups in total. The highest BCUT2D eigenvalue weighted by molar-refractivity contribution is 8.00. The van der Waals surface area contributed by atoms with Crippen LogP contribution in [0.5, 0.6) is 0 Å². The highest BCUT2D eigenvalue weighted by atomic mass is 32.2. The van der Waals surface area contributed by atoms with Gasteiger partial charge in [-0.1, -0.05) is 91.9 Å². The number of nitrogens with two attached hydrogens (primary N) is 1. The van der Waals surface area contributed by atoms with Crippen LogP contribution in [0.15, 0.2) is 0 Å². The van der Waals surface area contributed by atoms with Gasteiger partial charge in [0.05, 0.1) is 0 Å². The Hall–Kier alpha value is 0.270. The van der Waals surface area contributed by atoms with Crippen LogP contribution in [0.3, 0.4) is 0 Å². The lowest BCUT2D eigenvalue weighted by atomic mass is 10.0. The standard InChI is InChI=1S/C18H40N2S/c1-5-6-7-8-9-10-11-12-13-14-15-17(20-19)16-21-18(2,3)4/h17,20H,5-16,19H2,1-4H3. The molecule has 0 amide bonds. The van der Waals surface area contributed by atoms with Crippen LogP contribution in [-0.2, 0) is 0 Å². The number of hydrogen-bond acceptors (Lipinski definition) is 3. The van der Waals surface area contributed by atoms with E-state index in [0.29, 0.717) is 10.8 Å². The number of thioether (sulfide) groups is 1. The number of rotatable bonds is 14. The van der Waals surface area contributed by atoms with Gasteiger partial charge in [0.1, 0.15) is 0 Å². The number of nitrogens with one attached hydrogen (secondary N) is 1. The van der Waals surface area contributed by atoms with Crippen LogP contribution in [0.1, 0.15) is 98.3 Å². The Labute approximate surface area is 138 Å². The van der Waals surface area contributed by atoms with E-state index in [0.717, 1.165) is 5.75 Å². The molecule has 0 aliphatic carbocycles. The lowest BCUT2D eigenvalue weighted by Gasteiger charge is -2.22. The minimum absolute atomic E-state index is 0.340. The summed E-state index contributed by atoms with van der Waals surface area (Å²) in [5.41, 5.74) is 2.98. The fourth-order valence-electron chi connectivity index (χ4n) is 2.44. The van der Waals surface area contributed by atoms with E-state index in [4.69, 9.17) is 5.84 Å². The maximum atomic E-state index is 5.66. The lowest BCUT2D eigenvalue weighted by Crippen LogP contribution is -2.37. The second-order valence-corrected chi connectivity index (χ2v) is 9.10. The maximum Gasteiger partial charge on any atom is 0.0301 e. The van der Waals surface area contributed by atoms with Gasteiger partial charge >= 0.3 is 0 Å². The fraction of sp³-hybridized carbons (Fsp3) is 1.00. The van der Waals surface area contributed by atoms with E-state index in [1.54, 1.807) is 0 Å². The van der Waals surface area contributed by atoms with Gasteiger partial charge in [-0.05, 0) is 6.42 Å². The minimum Gasteiger partial charge on any atom is -0.271 e. The van der Waals surface area contributed by atoms with Crippen LogP contribution in [0.2, 0.25) is 0 Å². The van der Waals surface area contributed by atoms with Crippen LogP contribution in [0.4, 0.5) is 0 Å². The summed E-state index contributed by atoms with van der Waals surface area (Å²) in [6.07, 6.45) is 15.2. The Morgan fingerprint density at radius 1 is 0.857 bits per heavy atom. The second-order valence-electron chi connectivity index (χ2n) is 7.26. The van der Waals surface area contributed by atoms with E-state index in [1.165, 1.54) is 70.6 Å². The molecular formula is C18H40N2S. The molecule has 0 aromatic rings. The molecule has 0 heterocycles. The highest BCUT2D eigenvalue weighted by Gasteiger charge is 2.14. The third-order valence-corrected chi connectivity index (χ3v) is 5.29. The molecular weight excluding hydrogens is 276 g/mol. The third-order valence-electron chi connectivity index (χ3n) is 3.86. The summed E-state index contributed by atoms with van der Waals surface area (Å²) in [6, 6.07) is 0.475. The summed E-state index contributed by atoms with van der Waals surface area (Å²) in [7, 11) is 0. The van der Waals surface area contributed by atoms with Gasteiger partial charge in [0, 0.05) is 16.5 Å². The quantitative estimate of drug-likeness (QED) is 0.247. The van der Waals surface area contributed by atoms with Crippen molar-refractivity contribution >= 4 is 11.8 Å². The van der Waals surface area contributed by atoms with Gasteiger partial charge in [0.2, 0.25) is 0 Å². The normalized spacial score (nSPS) is 13.6. The maximum absolute atomic E-state index is 5.66. The van der Waals surface area contributed by atoms with Gasteiger partial charge < -0.3 is 0 Å². The van der Waals surface area contributed by atoms with Crippen molar-refractivity contribution in [2.24, 2.45) is 5.84 Å². The van der Waals surface area contributed by atoms with Crippen LogP contribution in [0.25, 0.3) is 0 Å². The Morgan fingerprint density at radius 3 is 1.76 bits per heavy atom. The molecule has 0 aromatic carbocycles. The van der Waals surface area contributed by atoms with Crippen molar-refractivity contribution in [2.45, 2.75) is 109 Å². The zero-order valence-electron chi connectivity index (χ0n) is 15.0. The number of hydrogen-bond donors (Lipinski definition) is 2. The molecule has 0 bridgehead atoms. The predicted octanol–water partition coefficient (Wildman–Crippen LogP) is 5.66. The summed E-state index contributed by atoms with van der Waals surface area (Å²) in [5, 5.41) is 0. The molecule has 0 radical (unpaired) electrons. The monoisotopic (exact) mass is 316 g/mol. The zero-order valence-corrected chi connectivity index (χ0v) is 15.9. The molecule has 0 aromatic heterocycles. The molecule has 21 heavy (non-hydrogen) atoms. The first kappa shape index (κ1) is 21.3. The highest BCUT2D eigenvalue weighted by Crippen LogP contribution is 2.24. The summed E-state index contributed by atoms with van der Waals surface area (Å²) >= 11 is 2.01. The first-order valence-corrected chi connectivity index (χ1v) is 10.1. The molecule has 0 aliphatic rings. The molecule has 0 fully saturated rings. The van der Waals surface area contributed by atoms with Crippen molar-refractivity contribution < 1.29 is 0 Å². The lowest BCUT2D eigenvalue weighted by molar-refractivity contribution is 0.489. The van der Waals surface area contributed by atoms with Crippen molar-refractivity contribution in [1.29, 1.82) is 0 Å². The van der Waals surface area contributed by atoms with Crippen LogP contribution in [0, 0.1) is 0 Å². The van der Waals surface area contributed by atoms with E-state index in [1.807, 2.05) is 11.8 Å². The molecule has 0 aliphatic heterocycles. The molecule has 2 nitrogen and oxygen atoms in total. The molecule has 0 saturated heterocycles. The Morgan fingerprint density at radius 2 is 1.33 bits per heavy atom.